The molecule has 0 saturated heterocycles. The Morgan fingerprint density at radius 2 is 1.18 bits per heavy atom. The number of esters is 2. The number of β-amino-alcohol motifs (C(OH)–C–C–N with tert-alkyl or cyclic N) is 1. The first-order valence-electron chi connectivity index (χ1n) is 11.6. The zero-order valence-electron chi connectivity index (χ0n) is 21.4. The van der Waals surface area contributed by atoms with E-state index < -0.39 is 41.7 Å². The molecule has 0 aromatic heterocycles. The highest BCUT2D eigenvalue weighted by molar-refractivity contribution is 6.22. The van der Waals surface area contributed by atoms with Gasteiger partial charge < -0.3 is 19.3 Å². The summed E-state index contributed by atoms with van der Waals surface area (Å²) in [5.41, 5.74) is 1.34. The lowest BCUT2D eigenvalue weighted by atomic mass is 10.1. The van der Waals surface area contributed by atoms with Crippen LogP contribution in [0.4, 0.5) is 0 Å². The highest BCUT2D eigenvalue weighted by atomic mass is 16.5. The van der Waals surface area contributed by atoms with Crippen LogP contribution in [0.3, 0.4) is 0 Å². The van der Waals surface area contributed by atoms with Crippen LogP contribution >= 0.6 is 0 Å². The van der Waals surface area contributed by atoms with Crippen LogP contribution < -0.4 is 0 Å². The van der Waals surface area contributed by atoms with Gasteiger partial charge in [-0.1, -0.05) is 24.3 Å². The minimum Gasteiger partial charge on any atom is -0.499 e. The van der Waals surface area contributed by atoms with Crippen LogP contribution in [0, 0.1) is 0 Å². The monoisotopic (exact) mass is 538 g/mol. The molecule has 0 fully saturated rings. The van der Waals surface area contributed by atoms with Gasteiger partial charge >= 0.3 is 11.9 Å². The second-order valence-electron chi connectivity index (χ2n) is 8.28. The second kappa shape index (κ2) is 12.6. The number of aliphatic hydroxyl groups is 1. The molecule has 4 rings (SSSR count). The van der Waals surface area contributed by atoms with Crippen LogP contribution in [0.5, 0.6) is 0 Å². The van der Waals surface area contributed by atoms with Crippen LogP contribution in [0.1, 0.15) is 47.9 Å². The minimum atomic E-state index is -1.13. The van der Waals surface area contributed by atoms with Gasteiger partial charge in [0, 0.05) is 0 Å². The van der Waals surface area contributed by atoms with Gasteiger partial charge in [-0.2, -0.15) is 0 Å². The SMILES string of the molecule is COC(=O)/C=C(/CN1C(=O)c2ccccc2C1=O)OC.COC(=O)CC(O)CN1C(=O)c2ccccc2C1=O. The first-order valence-corrected chi connectivity index (χ1v) is 11.6. The van der Waals surface area contributed by atoms with Crippen molar-refractivity contribution < 1.29 is 48.1 Å². The number of carbonyl (C=O) groups excluding carboxylic acids is 6. The Balaban J connectivity index is 0.000000216. The van der Waals surface area contributed by atoms with Gasteiger partial charge in [-0.15, -0.1) is 0 Å². The quantitative estimate of drug-likeness (QED) is 0.224. The molecule has 1 atom stereocenters. The molecular weight excluding hydrogens is 512 g/mol. The molecule has 204 valence electrons. The van der Waals surface area contributed by atoms with E-state index in [1.165, 1.54) is 21.3 Å². The van der Waals surface area contributed by atoms with E-state index in [0.717, 1.165) is 15.9 Å². The number of hydrogen-bond donors (Lipinski definition) is 1. The van der Waals surface area contributed by atoms with Crippen LogP contribution in [-0.4, -0.2) is 91.0 Å². The highest BCUT2D eigenvalue weighted by Gasteiger charge is 2.37. The molecule has 0 aliphatic carbocycles. The fraction of sp³-hybridized carbons (Fsp3) is 0.259. The van der Waals surface area contributed by atoms with Crippen molar-refractivity contribution in [2.75, 3.05) is 34.4 Å². The molecule has 0 bridgehead atoms. The number of carbonyl (C=O) groups is 6. The largest absolute Gasteiger partial charge is 0.499 e. The Labute approximate surface area is 223 Å². The average Bonchev–Trinajstić information content (AvgIpc) is 3.33. The van der Waals surface area contributed by atoms with Gasteiger partial charge in [0.15, 0.2) is 0 Å². The fourth-order valence-electron chi connectivity index (χ4n) is 3.85. The van der Waals surface area contributed by atoms with Gasteiger partial charge in [-0.25, -0.2) is 4.79 Å². The van der Waals surface area contributed by atoms with Crippen LogP contribution in [0.2, 0.25) is 0 Å². The predicted molar refractivity (Wildman–Crippen MR) is 133 cm³/mol. The smallest absolute Gasteiger partial charge is 0.333 e. The molecule has 0 radical (unpaired) electrons. The van der Waals surface area contributed by atoms with Crippen molar-refractivity contribution in [3.05, 3.63) is 82.6 Å². The van der Waals surface area contributed by atoms with Gasteiger partial charge in [-0.05, 0) is 24.3 Å². The van der Waals surface area contributed by atoms with Crippen molar-refractivity contribution in [3.8, 4) is 0 Å². The summed E-state index contributed by atoms with van der Waals surface area (Å²) in [5.74, 6) is -2.75. The van der Waals surface area contributed by atoms with Crippen molar-refractivity contribution in [1.82, 2.24) is 9.80 Å². The summed E-state index contributed by atoms with van der Waals surface area (Å²) in [6.07, 6.45) is -0.289. The molecule has 1 unspecified atom stereocenters. The molecule has 39 heavy (non-hydrogen) atoms. The minimum absolute atomic E-state index is 0.113. The average molecular weight is 539 g/mol. The lowest BCUT2D eigenvalue weighted by Crippen LogP contribution is -2.37. The second-order valence-corrected chi connectivity index (χ2v) is 8.28. The van der Waals surface area contributed by atoms with E-state index in [2.05, 4.69) is 9.47 Å². The zero-order valence-corrected chi connectivity index (χ0v) is 21.4. The van der Waals surface area contributed by atoms with Gasteiger partial charge in [0.05, 0.1) is 75.3 Å². The molecule has 0 saturated carbocycles. The number of amides is 4. The van der Waals surface area contributed by atoms with E-state index in [4.69, 9.17) is 4.74 Å². The molecule has 2 aliphatic rings. The molecule has 2 aromatic carbocycles. The lowest BCUT2D eigenvalue weighted by Gasteiger charge is -2.17. The van der Waals surface area contributed by atoms with E-state index in [1.807, 2.05) is 0 Å². The summed E-state index contributed by atoms with van der Waals surface area (Å²) in [6.45, 7) is -0.334. The Kier molecular flexibility index (Phi) is 9.29. The van der Waals surface area contributed by atoms with Gasteiger partial charge in [0.1, 0.15) is 5.76 Å². The van der Waals surface area contributed by atoms with Crippen molar-refractivity contribution in [2.24, 2.45) is 0 Å². The van der Waals surface area contributed by atoms with E-state index in [0.29, 0.717) is 22.3 Å². The number of fused-ring (bicyclic) bond motifs is 2. The summed E-state index contributed by atoms with van der Waals surface area (Å²) < 4.78 is 13.9. The number of aliphatic hydroxyl groups excluding tert-OH is 1. The van der Waals surface area contributed by atoms with Crippen molar-refractivity contribution in [2.45, 2.75) is 12.5 Å². The predicted octanol–water partition coefficient (Wildman–Crippen LogP) is 1.19. The van der Waals surface area contributed by atoms with Gasteiger partial charge in [-0.3, -0.25) is 33.8 Å². The highest BCUT2D eigenvalue weighted by Crippen LogP contribution is 2.24. The Bertz CT molecular complexity index is 1280. The number of rotatable bonds is 8. The maximum atomic E-state index is 12.1. The molecule has 0 spiro atoms. The number of benzene rings is 2. The topological polar surface area (TPSA) is 157 Å². The number of nitrogens with zero attached hydrogens (tertiary/aromatic N) is 2. The molecular formula is C27H26N2O10. The maximum Gasteiger partial charge on any atom is 0.333 e. The van der Waals surface area contributed by atoms with E-state index in [1.54, 1.807) is 48.5 Å². The first kappa shape index (κ1) is 28.7. The molecule has 2 aliphatic heterocycles. The summed E-state index contributed by atoms with van der Waals surface area (Å²) in [5, 5.41) is 9.68. The lowest BCUT2D eigenvalue weighted by molar-refractivity contribution is -0.143. The normalized spacial score (nSPS) is 14.8. The molecule has 12 heteroatoms. The van der Waals surface area contributed by atoms with E-state index in [-0.39, 0.29) is 25.3 Å². The molecule has 12 nitrogen and oxygen atoms in total. The van der Waals surface area contributed by atoms with E-state index >= 15 is 0 Å². The number of methoxy groups -OCH3 is 3. The molecule has 2 aromatic rings. The first-order chi connectivity index (χ1) is 18.6. The van der Waals surface area contributed by atoms with Crippen molar-refractivity contribution in [3.63, 3.8) is 0 Å². The third-order valence-electron chi connectivity index (χ3n) is 5.84. The zero-order chi connectivity index (χ0) is 28.7. The molecule has 1 N–H and O–H groups in total. The Morgan fingerprint density at radius 1 is 0.744 bits per heavy atom. The molecule has 2 heterocycles. The Morgan fingerprint density at radius 3 is 1.56 bits per heavy atom. The summed E-state index contributed by atoms with van der Waals surface area (Å²) in [4.78, 5) is 72.3. The summed E-state index contributed by atoms with van der Waals surface area (Å²) in [7, 11) is 3.79. The summed E-state index contributed by atoms with van der Waals surface area (Å²) in [6, 6.07) is 13.0. The van der Waals surface area contributed by atoms with Crippen LogP contribution in [-0.2, 0) is 23.8 Å². The Hall–Kier alpha value is -4.84. The third kappa shape index (κ3) is 6.36. The third-order valence-corrected chi connectivity index (χ3v) is 5.84. The fourth-order valence-corrected chi connectivity index (χ4v) is 3.85. The van der Waals surface area contributed by atoms with Gasteiger partial charge in [0.2, 0.25) is 0 Å². The molecule has 4 amide bonds. The van der Waals surface area contributed by atoms with Crippen LogP contribution in [0.15, 0.2) is 60.4 Å². The number of hydrogen-bond acceptors (Lipinski definition) is 10. The van der Waals surface area contributed by atoms with Crippen LogP contribution in [0.25, 0.3) is 0 Å². The van der Waals surface area contributed by atoms with E-state index in [9.17, 15) is 33.9 Å². The van der Waals surface area contributed by atoms with Crippen molar-refractivity contribution in [1.29, 1.82) is 0 Å². The maximum absolute atomic E-state index is 12.1. The van der Waals surface area contributed by atoms with Crippen molar-refractivity contribution >= 4 is 35.6 Å². The number of ether oxygens (including phenoxy) is 3. The number of imide groups is 2. The summed E-state index contributed by atoms with van der Waals surface area (Å²) >= 11 is 0. The standard InChI is InChI=1S/C14H13NO5.C13H13NO5/c1-19-9(7-12(16)20-2)8-15-13(17)10-5-3-4-6-11(10)14(15)18;1-19-11(16)6-8(15)7-14-12(17)9-4-2-3-5-10(9)13(14)18/h3-7H,8H2,1-2H3;2-5,8,15H,6-7H2,1H3/b9-7-;. The van der Waals surface area contributed by atoms with Gasteiger partial charge in [0.25, 0.3) is 23.6 Å².